The lowest BCUT2D eigenvalue weighted by molar-refractivity contribution is -0.301. The zero-order chi connectivity index (χ0) is 12.1. The Morgan fingerprint density at radius 1 is 1.12 bits per heavy atom. The molecule has 1 aliphatic rings. The fraction of sp³-hybridized carbons (Fsp3) is 1.00. The highest BCUT2D eigenvalue weighted by Crippen LogP contribution is 2.21. The molecule has 1 aliphatic heterocycles. The van der Waals surface area contributed by atoms with Gasteiger partial charge < -0.3 is 29.9 Å². The summed E-state index contributed by atoms with van der Waals surface area (Å²) in [6, 6.07) is 0. The molecule has 96 valence electrons. The van der Waals surface area contributed by atoms with E-state index in [1.807, 2.05) is 6.92 Å². The van der Waals surface area contributed by atoms with Gasteiger partial charge in [0.1, 0.15) is 24.4 Å². The third-order valence-corrected chi connectivity index (χ3v) is 2.63. The molecule has 16 heavy (non-hydrogen) atoms. The topological polar surface area (TPSA) is 99.4 Å². The number of aliphatic hydroxyl groups is 4. The van der Waals surface area contributed by atoms with Gasteiger partial charge in [0.2, 0.25) is 0 Å². The van der Waals surface area contributed by atoms with Gasteiger partial charge in [-0.25, -0.2) is 0 Å². The van der Waals surface area contributed by atoms with Gasteiger partial charge in [0, 0.05) is 6.61 Å². The SMILES string of the molecule is CCCCOC1O[C@H](CO)[C@@H](O)[C@H](O)[C@@H]1O. The Kier molecular flexibility index (Phi) is 5.60. The van der Waals surface area contributed by atoms with Gasteiger partial charge in [-0.2, -0.15) is 0 Å². The molecule has 0 spiro atoms. The molecule has 0 aromatic rings. The fourth-order valence-electron chi connectivity index (χ4n) is 1.55. The van der Waals surface area contributed by atoms with Crippen LogP contribution < -0.4 is 0 Å². The van der Waals surface area contributed by atoms with Crippen molar-refractivity contribution < 1.29 is 29.9 Å². The van der Waals surface area contributed by atoms with Crippen LogP contribution in [-0.4, -0.2) is 64.3 Å². The lowest BCUT2D eigenvalue weighted by Crippen LogP contribution is -2.59. The van der Waals surface area contributed by atoms with Crippen molar-refractivity contribution in [2.45, 2.75) is 50.5 Å². The van der Waals surface area contributed by atoms with E-state index in [1.54, 1.807) is 0 Å². The van der Waals surface area contributed by atoms with E-state index >= 15 is 0 Å². The Hall–Kier alpha value is -0.240. The first kappa shape index (κ1) is 13.8. The number of aliphatic hydroxyl groups excluding tert-OH is 4. The number of hydrogen-bond acceptors (Lipinski definition) is 6. The molecule has 6 heteroatoms. The summed E-state index contributed by atoms with van der Waals surface area (Å²) in [5.74, 6) is 0. The van der Waals surface area contributed by atoms with Gasteiger partial charge in [-0.15, -0.1) is 0 Å². The number of rotatable bonds is 5. The molecule has 0 aliphatic carbocycles. The summed E-state index contributed by atoms with van der Waals surface area (Å²) in [7, 11) is 0. The Labute approximate surface area is 94.4 Å². The van der Waals surface area contributed by atoms with Crippen LogP contribution in [0.2, 0.25) is 0 Å². The van der Waals surface area contributed by atoms with E-state index in [1.165, 1.54) is 0 Å². The smallest absolute Gasteiger partial charge is 0.186 e. The van der Waals surface area contributed by atoms with Crippen LogP contribution in [0.5, 0.6) is 0 Å². The van der Waals surface area contributed by atoms with Gasteiger partial charge >= 0.3 is 0 Å². The molecule has 0 bridgehead atoms. The van der Waals surface area contributed by atoms with Crippen LogP contribution in [-0.2, 0) is 9.47 Å². The summed E-state index contributed by atoms with van der Waals surface area (Å²) in [6.45, 7) is 1.97. The third-order valence-electron chi connectivity index (χ3n) is 2.63. The molecular weight excluding hydrogens is 216 g/mol. The van der Waals surface area contributed by atoms with Crippen molar-refractivity contribution in [2.24, 2.45) is 0 Å². The van der Waals surface area contributed by atoms with Crippen LogP contribution in [0, 0.1) is 0 Å². The zero-order valence-electron chi connectivity index (χ0n) is 9.32. The summed E-state index contributed by atoms with van der Waals surface area (Å²) in [6.07, 6.45) is -4.13. The first-order valence-corrected chi connectivity index (χ1v) is 5.54. The van der Waals surface area contributed by atoms with Gasteiger partial charge in [-0.1, -0.05) is 13.3 Å². The van der Waals surface area contributed by atoms with Crippen molar-refractivity contribution in [1.29, 1.82) is 0 Å². The third kappa shape index (κ3) is 3.13. The van der Waals surface area contributed by atoms with E-state index in [4.69, 9.17) is 14.6 Å². The number of ether oxygens (including phenoxy) is 2. The van der Waals surface area contributed by atoms with Gasteiger partial charge in [0.15, 0.2) is 6.29 Å². The lowest BCUT2D eigenvalue weighted by Gasteiger charge is -2.39. The maximum Gasteiger partial charge on any atom is 0.186 e. The van der Waals surface area contributed by atoms with Crippen molar-refractivity contribution in [1.82, 2.24) is 0 Å². The van der Waals surface area contributed by atoms with Crippen LogP contribution in [0.1, 0.15) is 19.8 Å². The first-order valence-electron chi connectivity index (χ1n) is 5.54. The molecule has 5 atom stereocenters. The maximum atomic E-state index is 9.58. The Bertz CT molecular complexity index is 198. The highest BCUT2D eigenvalue weighted by atomic mass is 16.7. The Morgan fingerprint density at radius 3 is 2.38 bits per heavy atom. The molecule has 1 unspecified atom stereocenters. The second-order valence-electron chi connectivity index (χ2n) is 3.92. The van der Waals surface area contributed by atoms with Crippen LogP contribution in [0.3, 0.4) is 0 Å². The molecule has 1 fully saturated rings. The molecule has 6 nitrogen and oxygen atoms in total. The van der Waals surface area contributed by atoms with Crippen molar-refractivity contribution in [3.8, 4) is 0 Å². The second-order valence-corrected chi connectivity index (χ2v) is 3.92. The quantitative estimate of drug-likeness (QED) is 0.438. The predicted molar refractivity (Wildman–Crippen MR) is 54.6 cm³/mol. The maximum absolute atomic E-state index is 9.58. The van der Waals surface area contributed by atoms with Crippen molar-refractivity contribution in [3.05, 3.63) is 0 Å². The summed E-state index contributed by atoms with van der Waals surface area (Å²) in [5, 5.41) is 37.5. The molecule has 0 saturated carbocycles. The van der Waals surface area contributed by atoms with Gasteiger partial charge in [0.05, 0.1) is 6.61 Å². The highest BCUT2D eigenvalue weighted by molar-refractivity contribution is 4.88. The second kappa shape index (κ2) is 6.48. The van der Waals surface area contributed by atoms with Crippen LogP contribution >= 0.6 is 0 Å². The van der Waals surface area contributed by atoms with Crippen LogP contribution in [0.15, 0.2) is 0 Å². The molecular formula is C10H20O6. The van der Waals surface area contributed by atoms with Gasteiger partial charge in [0.25, 0.3) is 0 Å². The van der Waals surface area contributed by atoms with E-state index < -0.39 is 37.3 Å². The molecule has 0 amide bonds. The summed E-state index contributed by atoms with van der Waals surface area (Å²) < 4.78 is 10.4. The largest absolute Gasteiger partial charge is 0.394 e. The van der Waals surface area contributed by atoms with Gasteiger partial charge in [-0.05, 0) is 6.42 Å². The average molecular weight is 236 g/mol. The van der Waals surface area contributed by atoms with E-state index in [9.17, 15) is 15.3 Å². The van der Waals surface area contributed by atoms with E-state index in [0.29, 0.717) is 6.61 Å². The van der Waals surface area contributed by atoms with E-state index in [0.717, 1.165) is 12.8 Å². The summed E-state index contributed by atoms with van der Waals surface area (Å²) in [5.41, 5.74) is 0. The van der Waals surface area contributed by atoms with Crippen LogP contribution in [0.4, 0.5) is 0 Å². The van der Waals surface area contributed by atoms with Crippen molar-refractivity contribution in [2.75, 3.05) is 13.2 Å². The van der Waals surface area contributed by atoms with Crippen molar-refractivity contribution in [3.63, 3.8) is 0 Å². The summed E-state index contributed by atoms with van der Waals surface area (Å²) in [4.78, 5) is 0. The fourth-order valence-corrected chi connectivity index (χ4v) is 1.55. The molecule has 1 heterocycles. The predicted octanol–water partition coefficient (Wildman–Crippen LogP) is -1.40. The monoisotopic (exact) mass is 236 g/mol. The number of unbranched alkanes of at least 4 members (excludes halogenated alkanes) is 1. The van der Waals surface area contributed by atoms with E-state index in [2.05, 4.69) is 0 Å². The van der Waals surface area contributed by atoms with Crippen molar-refractivity contribution >= 4 is 0 Å². The minimum atomic E-state index is -1.36. The Morgan fingerprint density at radius 2 is 1.81 bits per heavy atom. The summed E-state index contributed by atoms with van der Waals surface area (Å²) >= 11 is 0. The highest BCUT2D eigenvalue weighted by Gasteiger charge is 2.43. The minimum absolute atomic E-state index is 0.402. The average Bonchev–Trinajstić information content (AvgIpc) is 2.29. The molecule has 4 N–H and O–H groups in total. The zero-order valence-corrected chi connectivity index (χ0v) is 9.32. The minimum Gasteiger partial charge on any atom is -0.394 e. The molecule has 0 radical (unpaired) electrons. The first-order chi connectivity index (χ1) is 7.61. The van der Waals surface area contributed by atoms with Crippen LogP contribution in [0.25, 0.3) is 0 Å². The standard InChI is InChI=1S/C10H20O6/c1-2-3-4-15-10-9(14)8(13)7(12)6(5-11)16-10/h6-14H,2-5H2,1H3/t6-,7-,8+,9+,10?/m1/s1. The molecule has 0 aromatic carbocycles. The lowest BCUT2D eigenvalue weighted by atomic mass is 9.99. The normalized spacial score (nSPS) is 39.9. The number of hydrogen-bond donors (Lipinski definition) is 4. The van der Waals surface area contributed by atoms with Gasteiger partial charge in [-0.3, -0.25) is 0 Å². The molecule has 0 aromatic heterocycles. The Balaban J connectivity index is 2.50. The van der Waals surface area contributed by atoms with E-state index in [-0.39, 0.29) is 0 Å². The molecule has 1 rings (SSSR count). The molecule has 1 saturated heterocycles.